The molecular formula is C32H32N2. The molecule has 0 saturated heterocycles. The van der Waals surface area contributed by atoms with Crippen LogP contribution in [0.1, 0.15) is 61.1 Å². The molecule has 1 aliphatic rings. The number of hydrogen-bond donors (Lipinski definition) is 0. The maximum atomic E-state index is 5.41. The van der Waals surface area contributed by atoms with Gasteiger partial charge in [0, 0.05) is 16.5 Å². The van der Waals surface area contributed by atoms with Crippen molar-refractivity contribution in [3.05, 3.63) is 106 Å². The number of hydrogen-bond acceptors (Lipinski definition) is 2. The lowest BCUT2D eigenvalue weighted by Gasteiger charge is -2.13. The van der Waals surface area contributed by atoms with Gasteiger partial charge in [-0.15, -0.1) is 0 Å². The topological polar surface area (TPSA) is 24.7 Å². The van der Waals surface area contributed by atoms with Gasteiger partial charge >= 0.3 is 0 Å². The van der Waals surface area contributed by atoms with E-state index in [-0.39, 0.29) is 0 Å². The van der Waals surface area contributed by atoms with E-state index in [1.807, 2.05) is 0 Å². The SMILES string of the molecule is CCc1cccc(CC)c1N=C1C(=Nc2c(CC)cccc2CC)c2cccc3cccc1c23. The van der Waals surface area contributed by atoms with Crippen molar-refractivity contribution in [2.75, 3.05) is 0 Å². The minimum absolute atomic E-state index is 0.961. The highest BCUT2D eigenvalue weighted by Crippen LogP contribution is 2.37. The van der Waals surface area contributed by atoms with Crippen molar-refractivity contribution in [1.29, 1.82) is 0 Å². The molecule has 0 bridgehead atoms. The van der Waals surface area contributed by atoms with Crippen molar-refractivity contribution in [3.8, 4) is 0 Å². The van der Waals surface area contributed by atoms with Gasteiger partial charge in [0.25, 0.3) is 0 Å². The Balaban J connectivity index is 1.85. The average Bonchev–Trinajstić information content (AvgIpc) is 3.18. The second-order valence-electron chi connectivity index (χ2n) is 8.89. The second-order valence-corrected chi connectivity index (χ2v) is 8.89. The molecule has 4 aromatic carbocycles. The van der Waals surface area contributed by atoms with Gasteiger partial charge in [-0.2, -0.15) is 0 Å². The van der Waals surface area contributed by atoms with E-state index >= 15 is 0 Å². The van der Waals surface area contributed by atoms with Crippen LogP contribution in [-0.2, 0) is 25.7 Å². The monoisotopic (exact) mass is 444 g/mol. The van der Waals surface area contributed by atoms with Crippen molar-refractivity contribution in [2.24, 2.45) is 9.98 Å². The van der Waals surface area contributed by atoms with Gasteiger partial charge in [-0.3, -0.25) is 0 Å². The van der Waals surface area contributed by atoms with Gasteiger partial charge in [0.1, 0.15) is 0 Å². The van der Waals surface area contributed by atoms with Gasteiger partial charge in [0.05, 0.1) is 22.8 Å². The molecule has 5 rings (SSSR count). The van der Waals surface area contributed by atoms with Crippen LogP contribution in [-0.4, -0.2) is 11.4 Å². The van der Waals surface area contributed by atoms with Crippen LogP contribution < -0.4 is 0 Å². The van der Waals surface area contributed by atoms with Gasteiger partial charge in [0.2, 0.25) is 0 Å². The molecule has 170 valence electrons. The number of aryl methyl sites for hydroxylation is 4. The number of benzene rings is 4. The Hall–Kier alpha value is -3.52. The normalized spacial score (nSPS) is 15.1. The fourth-order valence-corrected chi connectivity index (χ4v) is 5.16. The lowest BCUT2D eigenvalue weighted by molar-refractivity contribution is 1.08. The highest BCUT2D eigenvalue weighted by molar-refractivity contribution is 6.61. The van der Waals surface area contributed by atoms with E-state index in [0.29, 0.717) is 0 Å². The first-order valence-electron chi connectivity index (χ1n) is 12.6. The van der Waals surface area contributed by atoms with Crippen molar-refractivity contribution in [2.45, 2.75) is 53.4 Å². The molecular weight excluding hydrogens is 412 g/mol. The molecule has 2 nitrogen and oxygen atoms in total. The van der Waals surface area contributed by atoms with Crippen molar-refractivity contribution >= 4 is 33.6 Å². The summed E-state index contributed by atoms with van der Waals surface area (Å²) in [5, 5.41) is 2.51. The molecule has 0 aromatic heterocycles. The minimum Gasteiger partial charge on any atom is -0.246 e. The fourth-order valence-electron chi connectivity index (χ4n) is 5.16. The lowest BCUT2D eigenvalue weighted by Crippen LogP contribution is -2.11. The third-order valence-electron chi connectivity index (χ3n) is 7.02. The third kappa shape index (κ3) is 3.68. The maximum absolute atomic E-state index is 5.41. The van der Waals surface area contributed by atoms with Crippen molar-refractivity contribution < 1.29 is 0 Å². The Morgan fingerprint density at radius 3 is 1.18 bits per heavy atom. The van der Waals surface area contributed by atoms with E-state index in [1.54, 1.807) is 0 Å². The summed E-state index contributed by atoms with van der Waals surface area (Å²) in [6.45, 7) is 8.84. The fraction of sp³-hybridized carbons (Fsp3) is 0.250. The Labute approximate surface area is 203 Å². The summed E-state index contributed by atoms with van der Waals surface area (Å²) in [4.78, 5) is 10.8. The van der Waals surface area contributed by atoms with Crippen LogP contribution in [0, 0.1) is 0 Å². The summed E-state index contributed by atoms with van der Waals surface area (Å²) >= 11 is 0. The molecule has 1 aliphatic carbocycles. The highest BCUT2D eigenvalue weighted by atomic mass is 14.8. The molecule has 0 heterocycles. The van der Waals surface area contributed by atoms with Crippen molar-refractivity contribution in [3.63, 3.8) is 0 Å². The first-order valence-corrected chi connectivity index (χ1v) is 12.6. The Kier molecular flexibility index (Phi) is 6.15. The van der Waals surface area contributed by atoms with E-state index in [9.17, 15) is 0 Å². The zero-order chi connectivity index (χ0) is 23.7. The van der Waals surface area contributed by atoms with E-state index in [1.165, 1.54) is 44.2 Å². The number of para-hydroxylation sites is 2. The molecule has 34 heavy (non-hydrogen) atoms. The van der Waals surface area contributed by atoms with Gasteiger partial charge in [-0.05, 0) is 53.3 Å². The van der Waals surface area contributed by atoms with Crippen LogP contribution >= 0.6 is 0 Å². The number of aliphatic imine (C=N–C) groups is 2. The molecule has 2 heteroatoms. The first-order chi connectivity index (χ1) is 16.7. The highest BCUT2D eigenvalue weighted by Gasteiger charge is 2.28. The number of rotatable bonds is 6. The summed E-state index contributed by atoms with van der Waals surface area (Å²) in [6, 6.07) is 26.2. The number of nitrogens with zero attached hydrogens (tertiary/aromatic N) is 2. The van der Waals surface area contributed by atoms with Crippen LogP contribution in [0.2, 0.25) is 0 Å². The lowest BCUT2D eigenvalue weighted by atomic mass is 10.0. The molecule has 0 unspecified atom stereocenters. The molecule has 0 saturated carbocycles. The summed E-state index contributed by atoms with van der Waals surface area (Å²) < 4.78 is 0. The quantitative estimate of drug-likeness (QED) is 0.285. The second kappa shape index (κ2) is 9.38. The summed E-state index contributed by atoms with van der Waals surface area (Å²) in [5.74, 6) is 0. The molecule has 0 fully saturated rings. The standard InChI is InChI=1S/C32H32N2/c1-5-21-13-9-14-22(6-2)29(21)33-31-26-19-11-17-25-18-12-20-27(28(25)26)32(31)34-30-23(7-3)15-10-16-24(30)8-4/h9-20H,5-8H2,1-4H3. The molecule has 0 N–H and O–H groups in total. The third-order valence-corrected chi connectivity index (χ3v) is 7.02. The Morgan fingerprint density at radius 2 is 0.824 bits per heavy atom. The molecule has 0 atom stereocenters. The molecule has 4 aromatic rings. The average molecular weight is 445 g/mol. The van der Waals surface area contributed by atoms with Crippen LogP contribution in [0.3, 0.4) is 0 Å². The molecule has 0 spiro atoms. The first kappa shape index (κ1) is 22.3. The Bertz CT molecular complexity index is 1290. The molecule has 0 aliphatic heterocycles. The summed E-state index contributed by atoms with van der Waals surface area (Å²) in [7, 11) is 0. The smallest absolute Gasteiger partial charge is 0.0979 e. The predicted octanol–water partition coefficient (Wildman–Crippen LogP) is 8.34. The van der Waals surface area contributed by atoms with E-state index in [4.69, 9.17) is 9.98 Å². The van der Waals surface area contributed by atoms with Crippen LogP contribution in [0.4, 0.5) is 11.4 Å². The zero-order valence-corrected chi connectivity index (χ0v) is 20.7. The predicted molar refractivity (Wildman–Crippen MR) is 147 cm³/mol. The minimum atomic E-state index is 0.961. The van der Waals surface area contributed by atoms with Gasteiger partial charge in [-0.25, -0.2) is 9.98 Å². The van der Waals surface area contributed by atoms with Crippen molar-refractivity contribution in [1.82, 2.24) is 0 Å². The van der Waals surface area contributed by atoms with Crippen LogP contribution in [0.15, 0.2) is 82.8 Å². The van der Waals surface area contributed by atoms with E-state index < -0.39 is 0 Å². The van der Waals surface area contributed by atoms with Gasteiger partial charge in [-0.1, -0.05) is 100 Å². The van der Waals surface area contributed by atoms with E-state index in [0.717, 1.165) is 48.5 Å². The van der Waals surface area contributed by atoms with Gasteiger partial charge in [0.15, 0.2) is 0 Å². The summed E-state index contributed by atoms with van der Waals surface area (Å²) in [6.07, 6.45) is 3.84. The Morgan fingerprint density at radius 1 is 0.471 bits per heavy atom. The molecule has 0 radical (unpaired) electrons. The molecule has 0 amide bonds. The van der Waals surface area contributed by atoms with Crippen LogP contribution in [0.25, 0.3) is 10.8 Å². The van der Waals surface area contributed by atoms with E-state index in [2.05, 4.69) is 100 Å². The van der Waals surface area contributed by atoms with Crippen LogP contribution in [0.5, 0.6) is 0 Å². The zero-order valence-electron chi connectivity index (χ0n) is 20.7. The summed E-state index contributed by atoms with van der Waals surface area (Å²) in [5.41, 5.74) is 11.7. The maximum Gasteiger partial charge on any atom is 0.0979 e. The van der Waals surface area contributed by atoms with Gasteiger partial charge < -0.3 is 0 Å². The largest absolute Gasteiger partial charge is 0.246 e.